The summed E-state index contributed by atoms with van der Waals surface area (Å²) in [5, 5.41) is 5.34. The number of carbonyl (C=O) groups excluding carboxylic acids is 1. The van der Waals surface area contributed by atoms with Crippen molar-refractivity contribution >= 4 is 28.8 Å². The van der Waals surface area contributed by atoms with Gasteiger partial charge in [0, 0.05) is 7.05 Å². The summed E-state index contributed by atoms with van der Waals surface area (Å²) in [4.78, 5) is 25.8. The molecule has 2 rings (SSSR count). The van der Waals surface area contributed by atoms with Gasteiger partial charge < -0.3 is 21.4 Å². The Bertz CT molecular complexity index is 520. The number of likely N-dealkylation sites (N-methyl/N-ethyl adjacent to an activating group) is 1. The number of nitrogens with two attached hydrogens (primary N) is 1. The summed E-state index contributed by atoms with van der Waals surface area (Å²) in [7, 11) is 1.56. The number of nitrogens with one attached hydrogen (secondary N) is 3. The molecule has 0 spiro atoms. The Morgan fingerprint density at radius 2 is 2.38 bits per heavy atom. The largest absolute Gasteiger partial charge is 0.368 e. The molecule has 2 aromatic heterocycles. The SMILES string of the molecule is CNC(=O)CNc1nc(N)nc2nc[nH]c12. The topological polar surface area (TPSA) is 122 Å². The molecule has 0 aliphatic carbocycles. The van der Waals surface area contributed by atoms with Crippen molar-refractivity contribution in [2.75, 3.05) is 24.6 Å². The van der Waals surface area contributed by atoms with Crippen LogP contribution in [0.5, 0.6) is 0 Å². The predicted octanol–water partition coefficient (Wildman–Crippen LogP) is -0.907. The molecule has 84 valence electrons. The van der Waals surface area contributed by atoms with Gasteiger partial charge in [-0.2, -0.15) is 9.97 Å². The molecule has 0 atom stereocenters. The van der Waals surface area contributed by atoms with Gasteiger partial charge in [0.05, 0.1) is 12.9 Å². The van der Waals surface area contributed by atoms with Crippen molar-refractivity contribution < 1.29 is 4.79 Å². The third-order valence-electron chi connectivity index (χ3n) is 2.00. The fourth-order valence-corrected chi connectivity index (χ4v) is 1.23. The highest BCUT2D eigenvalue weighted by atomic mass is 16.1. The lowest BCUT2D eigenvalue weighted by molar-refractivity contribution is -0.118. The Morgan fingerprint density at radius 1 is 1.56 bits per heavy atom. The average molecular weight is 221 g/mol. The highest BCUT2D eigenvalue weighted by Gasteiger charge is 2.08. The molecule has 0 saturated carbocycles. The second kappa shape index (κ2) is 4.01. The van der Waals surface area contributed by atoms with Gasteiger partial charge in [-0.15, -0.1) is 0 Å². The summed E-state index contributed by atoms with van der Waals surface area (Å²) in [5.41, 5.74) is 6.59. The molecule has 2 aromatic rings. The maximum atomic E-state index is 11.1. The lowest BCUT2D eigenvalue weighted by atomic mass is 10.4. The molecule has 2 heterocycles. The zero-order valence-corrected chi connectivity index (χ0v) is 8.61. The second-order valence-corrected chi connectivity index (χ2v) is 3.06. The minimum Gasteiger partial charge on any atom is -0.368 e. The van der Waals surface area contributed by atoms with E-state index in [2.05, 4.69) is 30.6 Å². The van der Waals surface area contributed by atoms with Crippen LogP contribution in [-0.2, 0) is 4.79 Å². The van der Waals surface area contributed by atoms with E-state index in [0.717, 1.165) is 0 Å². The van der Waals surface area contributed by atoms with E-state index in [9.17, 15) is 4.79 Å². The summed E-state index contributed by atoms with van der Waals surface area (Å²) in [6.07, 6.45) is 1.49. The average Bonchev–Trinajstić information content (AvgIpc) is 2.73. The lowest BCUT2D eigenvalue weighted by Crippen LogP contribution is -2.26. The Labute approximate surface area is 90.7 Å². The van der Waals surface area contributed by atoms with Crippen LogP contribution < -0.4 is 16.4 Å². The van der Waals surface area contributed by atoms with Gasteiger partial charge in [-0.1, -0.05) is 0 Å². The molecule has 0 saturated heterocycles. The van der Waals surface area contributed by atoms with E-state index in [1.807, 2.05) is 0 Å². The van der Waals surface area contributed by atoms with Crippen LogP contribution in [-0.4, -0.2) is 39.4 Å². The van der Waals surface area contributed by atoms with Crippen LogP contribution in [0.15, 0.2) is 6.33 Å². The predicted molar refractivity (Wildman–Crippen MR) is 58.7 cm³/mol. The molecule has 0 aliphatic heterocycles. The third kappa shape index (κ3) is 1.85. The summed E-state index contributed by atoms with van der Waals surface area (Å²) in [6, 6.07) is 0. The number of aromatic amines is 1. The molecule has 0 bridgehead atoms. The Kier molecular flexibility index (Phi) is 2.54. The van der Waals surface area contributed by atoms with E-state index < -0.39 is 0 Å². The lowest BCUT2D eigenvalue weighted by Gasteiger charge is -2.05. The van der Waals surface area contributed by atoms with E-state index in [0.29, 0.717) is 17.0 Å². The highest BCUT2D eigenvalue weighted by molar-refractivity contribution is 5.86. The zero-order chi connectivity index (χ0) is 11.5. The Morgan fingerprint density at radius 3 is 3.12 bits per heavy atom. The first kappa shape index (κ1) is 10.1. The number of amides is 1. The maximum Gasteiger partial charge on any atom is 0.239 e. The third-order valence-corrected chi connectivity index (χ3v) is 2.00. The first-order valence-electron chi connectivity index (χ1n) is 4.61. The Balaban J connectivity index is 2.28. The van der Waals surface area contributed by atoms with Gasteiger partial charge in [-0.05, 0) is 0 Å². The van der Waals surface area contributed by atoms with Crippen LogP contribution in [0.25, 0.3) is 11.2 Å². The van der Waals surface area contributed by atoms with Crippen molar-refractivity contribution in [3.05, 3.63) is 6.33 Å². The highest BCUT2D eigenvalue weighted by Crippen LogP contribution is 2.16. The summed E-state index contributed by atoms with van der Waals surface area (Å²) in [5.74, 6) is 0.424. The second-order valence-electron chi connectivity index (χ2n) is 3.06. The first-order valence-corrected chi connectivity index (χ1v) is 4.61. The number of hydrogen-bond donors (Lipinski definition) is 4. The van der Waals surface area contributed by atoms with Crippen LogP contribution >= 0.6 is 0 Å². The molecule has 0 radical (unpaired) electrons. The van der Waals surface area contributed by atoms with E-state index in [4.69, 9.17) is 5.73 Å². The molecule has 8 nitrogen and oxygen atoms in total. The number of H-pyrrole nitrogens is 1. The molecule has 0 unspecified atom stereocenters. The molecule has 1 amide bonds. The number of rotatable bonds is 3. The van der Waals surface area contributed by atoms with Crippen molar-refractivity contribution in [2.24, 2.45) is 0 Å². The monoisotopic (exact) mass is 221 g/mol. The minimum atomic E-state index is -0.148. The fraction of sp³-hybridized carbons (Fsp3) is 0.250. The van der Waals surface area contributed by atoms with Crippen LogP contribution in [0.4, 0.5) is 11.8 Å². The zero-order valence-electron chi connectivity index (χ0n) is 8.61. The van der Waals surface area contributed by atoms with Crippen molar-refractivity contribution in [1.82, 2.24) is 25.3 Å². The fourth-order valence-electron chi connectivity index (χ4n) is 1.23. The molecule has 0 fully saturated rings. The smallest absolute Gasteiger partial charge is 0.239 e. The van der Waals surface area contributed by atoms with Crippen LogP contribution in [0.2, 0.25) is 0 Å². The normalized spacial score (nSPS) is 10.3. The van der Waals surface area contributed by atoms with Gasteiger partial charge >= 0.3 is 0 Å². The van der Waals surface area contributed by atoms with Gasteiger partial charge in [0.1, 0.15) is 5.52 Å². The molecule has 5 N–H and O–H groups in total. The molecular formula is C8H11N7O. The van der Waals surface area contributed by atoms with Gasteiger partial charge in [0.2, 0.25) is 11.9 Å². The van der Waals surface area contributed by atoms with E-state index in [-0.39, 0.29) is 18.4 Å². The van der Waals surface area contributed by atoms with Crippen molar-refractivity contribution in [1.29, 1.82) is 0 Å². The Hall–Kier alpha value is -2.38. The van der Waals surface area contributed by atoms with Gasteiger partial charge in [-0.25, -0.2) is 4.98 Å². The van der Waals surface area contributed by atoms with Crippen LogP contribution in [0.1, 0.15) is 0 Å². The maximum absolute atomic E-state index is 11.1. The van der Waals surface area contributed by atoms with Crippen molar-refractivity contribution in [2.45, 2.75) is 0 Å². The number of imidazole rings is 1. The number of carbonyl (C=O) groups is 1. The number of anilines is 2. The van der Waals surface area contributed by atoms with Crippen LogP contribution in [0, 0.1) is 0 Å². The van der Waals surface area contributed by atoms with Crippen molar-refractivity contribution in [3.63, 3.8) is 0 Å². The molecule has 16 heavy (non-hydrogen) atoms. The van der Waals surface area contributed by atoms with E-state index >= 15 is 0 Å². The molecule has 0 aromatic carbocycles. The summed E-state index contributed by atoms with van der Waals surface area (Å²) >= 11 is 0. The standard InChI is InChI=1S/C8H11N7O/c1-10-4(16)2-11-6-5-7(13-3-12-5)15-8(9)14-6/h3H,2H2,1H3,(H,10,16)(H4,9,11,12,13,14,15). The van der Waals surface area contributed by atoms with Gasteiger partial charge in [0.25, 0.3) is 0 Å². The number of aromatic nitrogens is 4. The van der Waals surface area contributed by atoms with E-state index in [1.165, 1.54) is 6.33 Å². The molecular weight excluding hydrogens is 210 g/mol. The number of nitrogen functional groups attached to an aromatic ring is 1. The van der Waals surface area contributed by atoms with Gasteiger partial charge in [0.15, 0.2) is 11.5 Å². The first-order chi connectivity index (χ1) is 7.70. The molecule has 8 heteroatoms. The summed E-state index contributed by atoms with van der Waals surface area (Å²) < 4.78 is 0. The number of hydrogen-bond acceptors (Lipinski definition) is 6. The minimum absolute atomic E-state index is 0.110. The van der Waals surface area contributed by atoms with Crippen LogP contribution in [0.3, 0.4) is 0 Å². The van der Waals surface area contributed by atoms with Gasteiger partial charge in [-0.3, -0.25) is 4.79 Å². The quantitative estimate of drug-likeness (QED) is 0.532. The van der Waals surface area contributed by atoms with Crippen molar-refractivity contribution in [3.8, 4) is 0 Å². The summed E-state index contributed by atoms with van der Waals surface area (Å²) in [6.45, 7) is 0.112. The number of nitrogens with zero attached hydrogens (tertiary/aromatic N) is 3. The number of fused-ring (bicyclic) bond motifs is 1. The molecule has 0 aliphatic rings. The van der Waals surface area contributed by atoms with E-state index in [1.54, 1.807) is 7.05 Å².